The zero-order valence-electron chi connectivity index (χ0n) is 29.4. The molecular formula is C52H33NO. The summed E-state index contributed by atoms with van der Waals surface area (Å²) in [7, 11) is 0. The Labute approximate surface area is 312 Å². The van der Waals surface area contributed by atoms with Crippen molar-refractivity contribution in [2.75, 3.05) is 4.90 Å². The van der Waals surface area contributed by atoms with Crippen LogP contribution < -0.4 is 4.90 Å². The van der Waals surface area contributed by atoms with Gasteiger partial charge in [-0.05, 0) is 126 Å². The van der Waals surface area contributed by atoms with Crippen LogP contribution >= 0.6 is 0 Å². The Balaban J connectivity index is 1.07. The van der Waals surface area contributed by atoms with Gasteiger partial charge in [0.05, 0.1) is 0 Å². The van der Waals surface area contributed by atoms with E-state index in [2.05, 4.69) is 193 Å². The van der Waals surface area contributed by atoms with Crippen LogP contribution in [0.1, 0.15) is 0 Å². The molecule has 0 spiro atoms. The summed E-state index contributed by atoms with van der Waals surface area (Å²) >= 11 is 0. The van der Waals surface area contributed by atoms with E-state index >= 15 is 0 Å². The van der Waals surface area contributed by atoms with Gasteiger partial charge in [0, 0.05) is 27.8 Å². The number of hydrogen-bond acceptors (Lipinski definition) is 2. The molecule has 0 N–H and O–H groups in total. The van der Waals surface area contributed by atoms with E-state index in [1.54, 1.807) is 0 Å². The lowest BCUT2D eigenvalue weighted by Crippen LogP contribution is -2.10. The van der Waals surface area contributed by atoms with Crippen molar-refractivity contribution in [2.24, 2.45) is 0 Å². The van der Waals surface area contributed by atoms with E-state index in [1.807, 2.05) is 12.1 Å². The van der Waals surface area contributed by atoms with E-state index < -0.39 is 0 Å². The highest BCUT2D eigenvalue weighted by atomic mass is 16.3. The molecule has 1 heterocycles. The van der Waals surface area contributed by atoms with Crippen molar-refractivity contribution < 1.29 is 4.42 Å². The Morgan fingerprint density at radius 2 is 0.778 bits per heavy atom. The normalized spacial score (nSPS) is 11.7. The highest BCUT2D eigenvalue weighted by Crippen LogP contribution is 2.42. The molecule has 54 heavy (non-hydrogen) atoms. The van der Waals surface area contributed by atoms with Gasteiger partial charge in [-0.15, -0.1) is 0 Å². The van der Waals surface area contributed by atoms with Gasteiger partial charge < -0.3 is 9.32 Å². The van der Waals surface area contributed by atoms with Gasteiger partial charge in [-0.25, -0.2) is 0 Å². The number of anilines is 3. The average Bonchev–Trinajstić information content (AvgIpc) is 3.62. The first-order valence-electron chi connectivity index (χ1n) is 18.5. The summed E-state index contributed by atoms with van der Waals surface area (Å²) in [5, 5.41) is 12.4. The fraction of sp³-hybridized carbons (Fsp3) is 0. The fourth-order valence-electron chi connectivity index (χ4n) is 8.38. The number of benzene rings is 10. The number of hydrogen-bond donors (Lipinski definition) is 0. The molecule has 0 fully saturated rings. The van der Waals surface area contributed by atoms with Crippen LogP contribution in [-0.4, -0.2) is 0 Å². The van der Waals surface area contributed by atoms with Crippen LogP contribution in [0.5, 0.6) is 0 Å². The molecule has 2 heteroatoms. The van der Waals surface area contributed by atoms with Gasteiger partial charge >= 0.3 is 0 Å². The Hall–Kier alpha value is -7.16. The van der Waals surface area contributed by atoms with Crippen molar-refractivity contribution in [3.05, 3.63) is 200 Å². The topological polar surface area (TPSA) is 16.4 Å². The molecule has 0 saturated carbocycles. The second-order valence-electron chi connectivity index (χ2n) is 14.1. The number of para-hydroxylation sites is 1. The molecule has 0 aliphatic rings. The minimum Gasteiger partial charge on any atom is -0.456 e. The van der Waals surface area contributed by atoms with Crippen molar-refractivity contribution in [1.82, 2.24) is 0 Å². The molecule has 0 bridgehead atoms. The quantitative estimate of drug-likeness (QED) is 0.168. The van der Waals surface area contributed by atoms with Gasteiger partial charge in [0.1, 0.15) is 11.2 Å². The third kappa shape index (κ3) is 4.96. The minimum absolute atomic E-state index is 0.904. The Morgan fingerprint density at radius 3 is 1.56 bits per heavy atom. The Kier molecular flexibility index (Phi) is 6.90. The molecule has 2 nitrogen and oxygen atoms in total. The first kappa shape index (κ1) is 30.5. The third-order valence-corrected chi connectivity index (χ3v) is 11.0. The molecule has 11 aromatic rings. The second kappa shape index (κ2) is 12.2. The number of rotatable bonds is 5. The maximum absolute atomic E-state index is 6.25. The van der Waals surface area contributed by atoms with E-state index in [9.17, 15) is 0 Å². The van der Waals surface area contributed by atoms with Crippen LogP contribution in [0.4, 0.5) is 17.1 Å². The summed E-state index contributed by atoms with van der Waals surface area (Å²) in [5.41, 5.74) is 9.75. The molecule has 1 aromatic heterocycles. The van der Waals surface area contributed by atoms with Gasteiger partial charge in [0.2, 0.25) is 0 Å². The zero-order valence-corrected chi connectivity index (χ0v) is 29.4. The molecule has 0 amide bonds. The monoisotopic (exact) mass is 687 g/mol. The summed E-state index contributed by atoms with van der Waals surface area (Å²) in [5.74, 6) is 0. The van der Waals surface area contributed by atoms with Crippen LogP contribution in [0.3, 0.4) is 0 Å². The molecule has 0 saturated heterocycles. The summed E-state index contributed by atoms with van der Waals surface area (Å²) in [6.45, 7) is 0. The number of furan rings is 1. The first-order chi connectivity index (χ1) is 26.7. The second-order valence-corrected chi connectivity index (χ2v) is 14.1. The van der Waals surface area contributed by atoms with Crippen LogP contribution in [-0.2, 0) is 0 Å². The van der Waals surface area contributed by atoms with Crippen molar-refractivity contribution in [3.63, 3.8) is 0 Å². The van der Waals surface area contributed by atoms with Gasteiger partial charge in [-0.2, -0.15) is 0 Å². The van der Waals surface area contributed by atoms with E-state index in [-0.39, 0.29) is 0 Å². The Morgan fingerprint density at radius 1 is 0.259 bits per heavy atom. The molecule has 0 aliphatic carbocycles. The van der Waals surface area contributed by atoms with Gasteiger partial charge in [0.15, 0.2) is 0 Å². The molecule has 10 aromatic carbocycles. The lowest BCUT2D eigenvalue weighted by Gasteiger charge is -2.27. The summed E-state index contributed by atoms with van der Waals surface area (Å²) < 4.78 is 6.25. The molecule has 252 valence electrons. The largest absolute Gasteiger partial charge is 0.456 e. The summed E-state index contributed by atoms with van der Waals surface area (Å²) in [6, 6.07) is 72.4. The maximum atomic E-state index is 6.25. The predicted molar refractivity (Wildman–Crippen MR) is 229 cm³/mol. The number of fused-ring (bicyclic) bond motifs is 10. The molecule has 0 atom stereocenters. The van der Waals surface area contributed by atoms with Crippen LogP contribution in [0.25, 0.3) is 87.3 Å². The van der Waals surface area contributed by atoms with E-state index in [1.165, 1.54) is 54.2 Å². The molecule has 11 rings (SSSR count). The predicted octanol–water partition coefficient (Wildman–Crippen LogP) is 15.0. The van der Waals surface area contributed by atoms with E-state index in [0.717, 1.165) is 50.1 Å². The Bertz CT molecular complexity index is 3190. The van der Waals surface area contributed by atoms with Crippen LogP contribution in [0, 0.1) is 0 Å². The van der Waals surface area contributed by atoms with Crippen LogP contribution in [0.15, 0.2) is 205 Å². The minimum atomic E-state index is 0.904. The van der Waals surface area contributed by atoms with Gasteiger partial charge in [0.25, 0.3) is 0 Å². The number of nitrogens with zero attached hydrogens (tertiary/aromatic N) is 1. The van der Waals surface area contributed by atoms with Gasteiger partial charge in [-0.3, -0.25) is 0 Å². The molecule has 0 aliphatic heterocycles. The summed E-state index contributed by atoms with van der Waals surface area (Å²) in [6.07, 6.45) is 0. The van der Waals surface area contributed by atoms with Crippen molar-refractivity contribution in [2.45, 2.75) is 0 Å². The van der Waals surface area contributed by atoms with Crippen molar-refractivity contribution in [3.8, 4) is 22.3 Å². The standard InChI is InChI=1S/C52H33NO/c1-2-11-36-30-38(21-20-34(36)10-1)37-12-9-13-41(31-37)53(42-27-29-47-45-16-4-3-14-43(45)44-15-5-6-17-46(44)50(47)33-42)40-25-22-35(23-26-40)39-24-28-49-48-18-7-8-19-51(48)54-52(49)32-39/h1-33H. The van der Waals surface area contributed by atoms with E-state index in [0.29, 0.717) is 0 Å². The van der Waals surface area contributed by atoms with Crippen molar-refractivity contribution >= 4 is 82.1 Å². The van der Waals surface area contributed by atoms with Crippen LogP contribution in [0.2, 0.25) is 0 Å². The third-order valence-electron chi connectivity index (χ3n) is 11.0. The molecule has 0 radical (unpaired) electrons. The van der Waals surface area contributed by atoms with Gasteiger partial charge in [-0.1, -0.05) is 140 Å². The summed E-state index contributed by atoms with van der Waals surface area (Å²) in [4.78, 5) is 2.39. The fourth-order valence-corrected chi connectivity index (χ4v) is 8.38. The smallest absolute Gasteiger partial charge is 0.136 e. The van der Waals surface area contributed by atoms with E-state index in [4.69, 9.17) is 4.42 Å². The lowest BCUT2D eigenvalue weighted by atomic mass is 9.94. The zero-order chi connectivity index (χ0) is 35.6. The lowest BCUT2D eigenvalue weighted by molar-refractivity contribution is 0.669. The molecule has 0 unspecified atom stereocenters. The molecular weight excluding hydrogens is 655 g/mol. The van der Waals surface area contributed by atoms with Crippen molar-refractivity contribution in [1.29, 1.82) is 0 Å². The SMILES string of the molecule is c1cc(-c2ccc3ccccc3c2)cc(N(c2ccc(-c3ccc4c(c3)oc3ccccc34)cc2)c2ccc3c4ccccc4c4ccccc4c3c2)c1. The first-order valence-corrected chi connectivity index (χ1v) is 18.5. The highest BCUT2D eigenvalue weighted by molar-refractivity contribution is 6.25. The highest BCUT2D eigenvalue weighted by Gasteiger charge is 2.17. The maximum Gasteiger partial charge on any atom is 0.136 e. The average molecular weight is 688 g/mol.